The molecule has 0 atom stereocenters. The molecule has 1 aromatic rings. The fraction of sp³-hybridized carbons (Fsp3) is 0.647. The number of aromatic nitrogens is 2. The lowest BCUT2D eigenvalue weighted by molar-refractivity contribution is -0.144. The van der Waals surface area contributed by atoms with E-state index in [0.29, 0.717) is 0 Å². The Kier molecular flexibility index (Phi) is 6.29. The number of nitrogens with zero attached hydrogens (tertiary/aromatic N) is 2. The Hall–Kier alpha value is -2.18. The summed E-state index contributed by atoms with van der Waals surface area (Å²) in [4.78, 5) is 32.0. The van der Waals surface area contributed by atoms with Crippen LogP contribution in [0.1, 0.15) is 51.6 Å². The average Bonchev–Trinajstić information content (AvgIpc) is 2.38. The molecule has 0 radical (unpaired) electrons. The number of amides is 1. The van der Waals surface area contributed by atoms with Crippen molar-refractivity contribution in [2.45, 2.75) is 66.0 Å². The number of carbonyl (C=O) groups is 2. The first kappa shape index (κ1) is 19.9. The van der Waals surface area contributed by atoms with Crippen LogP contribution >= 0.6 is 0 Å². The summed E-state index contributed by atoms with van der Waals surface area (Å²) in [5, 5.41) is 2.69. The second kappa shape index (κ2) is 7.59. The third kappa shape index (κ3) is 6.93. The predicted octanol–water partition coefficient (Wildman–Crippen LogP) is 2.48. The van der Waals surface area contributed by atoms with Crippen molar-refractivity contribution in [1.29, 1.82) is 0 Å². The lowest BCUT2D eigenvalue weighted by Crippen LogP contribution is -2.49. The van der Waals surface area contributed by atoms with E-state index in [9.17, 15) is 9.59 Å². The van der Waals surface area contributed by atoms with Gasteiger partial charge in [0, 0.05) is 17.0 Å². The van der Waals surface area contributed by atoms with Crippen LogP contribution in [-0.4, -0.2) is 39.8 Å². The molecule has 0 fully saturated rings. The van der Waals surface area contributed by atoms with Gasteiger partial charge in [-0.3, -0.25) is 4.79 Å². The number of esters is 1. The Balaban J connectivity index is 2.55. The topological polar surface area (TPSA) is 90.4 Å². The summed E-state index contributed by atoms with van der Waals surface area (Å²) >= 11 is 0. The number of hydrogen-bond donors (Lipinski definition) is 1. The van der Waals surface area contributed by atoms with Crippen LogP contribution in [0.2, 0.25) is 0 Å². The second-order valence-corrected chi connectivity index (χ2v) is 7.37. The summed E-state index contributed by atoms with van der Waals surface area (Å²) < 4.78 is 10.5. The van der Waals surface area contributed by atoms with E-state index in [1.54, 1.807) is 34.6 Å². The van der Waals surface area contributed by atoms with Crippen LogP contribution in [0.4, 0.5) is 4.79 Å². The van der Waals surface area contributed by atoms with Gasteiger partial charge in [0.2, 0.25) is 0 Å². The molecule has 0 saturated carbocycles. The molecule has 1 rings (SSSR count). The first-order valence-corrected chi connectivity index (χ1v) is 7.83. The highest BCUT2D eigenvalue weighted by molar-refractivity contribution is 5.73. The van der Waals surface area contributed by atoms with Gasteiger partial charge >= 0.3 is 12.1 Å². The smallest absolute Gasteiger partial charge is 0.408 e. The van der Waals surface area contributed by atoms with Gasteiger partial charge in [-0.15, -0.1) is 0 Å². The molecule has 0 bridgehead atoms. The normalized spacial score (nSPS) is 11.8. The first-order chi connectivity index (χ1) is 10.9. The van der Waals surface area contributed by atoms with E-state index in [0.717, 1.165) is 17.0 Å². The summed E-state index contributed by atoms with van der Waals surface area (Å²) in [7, 11) is 0. The zero-order valence-corrected chi connectivity index (χ0v) is 15.5. The highest BCUT2D eigenvalue weighted by Gasteiger charge is 2.26. The van der Waals surface area contributed by atoms with Gasteiger partial charge in [0.1, 0.15) is 18.5 Å². The second-order valence-electron chi connectivity index (χ2n) is 7.37. The molecular formula is C17H27N3O4. The lowest BCUT2D eigenvalue weighted by atomic mass is 10.1. The zero-order valence-electron chi connectivity index (χ0n) is 15.5. The van der Waals surface area contributed by atoms with Crippen molar-refractivity contribution < 1.29 is 19.1 Å². The Labute approximate surface area is 143 Å². The number of hydrogen-bond acceptors (Lipinski definition) is 6. The lowest BCUT2D eigenvalue weighted by Gasteiger charge is -2.28. The summed E-state index contributed by atoms with van der Waals surface area (Å²) in [6.45, 7) is 12.6. The maximum Gasteiger partial charge on any atom is 0.408 e. The van der Waals surface area contributed by atoms with Crippen LogP contribution < -0.4 is 5.32 Å². The molecule has 0 unspecified atom stereocenters. The molecule has 1 heterocycles. The minimum atomic E-state index is -0.741. The van der Waals surface area contributed by atoms with Gasteiger partial charge in [0.05, 0.1) is 12.0 Å². The van der Waals surface area contributed by atoms with Crippen molar-refractivity contribution in [3.63, 3.8) is 0 Å². The number of alkyl carbamates (subject to hydrolysis) is 1. The maximum atomic E-state index is 12.1. The van der Waals surface area contributed by atoms with Crippen molar-refractivity contribution in [2.75, 3.05) is 6.61 Å². The van der Waals surface area contributed by atoms with E-state index in [-0.39, 0.29) is 13.0 Å². The fourth-order valence-electron chi connectivity index (χ4n) is 1.95. The van der Waals surface area contributed by atoms with Gasteiger partial charge in [0.15, 0.2) is 0 Å². The monoisotopic (exact) mass is 337 g/mol. The molecular weight excluding hydrogens is 310 g/mol. The molecule has 0 aliphatic carbocycles. The van der Waals surface area contributed by atoms with Crippen molar-refractivity contribution in [3.05, 3.63) is 23.3 Å². The van der Waals surface area contributed by atoms with Crippen LogP contribution in [0.5, 0.6) is 0 Å². The number of rotatable bonds is 5. The van der Waals surface area contributed by atoms with Crippen molar-refractivity contribution >= 4 is 12.1 Å². The third-order valence-electron chi connectivity index (χ3n) is 3.13. The standard InChI is InChI=1S/C17H27N3O4/c1-11-13(12(2)19-10-18-11)8-14(21)23-9-17(6,7)20-15(22)24-16(3,4)5/h10H,8-9H2,1-7H3,(H,20,22). The van der Waals surface area contributed by atoms with Gasteiger partial charge in [-0.25, -0.2) is 14.8 Å². The minimum absolute atomic E-state index is 0.0386. The van der Waals surface area contributed by atoms with Gasteiger partial charge < -0.3 is 14.8 Å². The Bertz CT molecular complexity index is 586. The van der Waals surface area contributed by atoms with Crippen LogP contribution in [0.25, 0.3) is 0 Å². The van der Waals surface area contributed by atoms with Crippen LogP contribution in [0.3, 0.4) is 0 Å². The van der Waals surface area contributed by atoms with Gasteiger partial charge in [-0.1, -0.05) is 0 Å². The van der Waals surface area contributed by atoms with Gasteiger partial charge in [-0.05, 0) is 48.5 Å². The highest BCUT2D eigenvalue weighted by atomic mass is 16.6. The summed E-state index contributed by atoms with van der Waals surface area (Å²) in [5.74, 6) is -0.393. The van der Waals surface area contributed by atoms with E-state index < -0.39 is 23.2 Å². The fourth-order valence-corrected chi connectivity index (χ4v) is 1.95. The molecule has 1 N–H and O–H groups in total. The average molecular weight is 337 g/mol. The molecule has 0 aliphatic heterocycles. The SMILES string of the molecule is Cc1ncnc(C)c1CC(=O)OCC(C)(C)NC(=O)OC(C)(C)C. The molecule has 1 aromatic heterocycles. The third-order valence-corrected chi connectivity index (χ3v) is 3.13. The van der Waals surface area contributed by atoms with E-state index in [1.165, 1.54) is 6.33 Å². The number of carbonyl (C=O) groups excluding carboxylic acids is 2. The summed E-state index contributed by atoms with van der Waals surface area (Å²) in [5.41, 5.74) is 0.950. The van der Waals surface area contributed by atoms with Gasteiger partial charge in [-0.2, -0.15) is 0 Å². The first-order valence-electron chi connectivity index (χ1n) is 7.83. The Morgan fingerprint density at radius 3 is 2.12 bits per heavy atom. The van der Waals surface area contributed by atoms with E-state index in [1.807, 2.05) is 13.8 Å². The number of ether oxygens (including phenoxy) is 2. The number of nitrogens with one attached hydrogen (secondary N) is 1. The summed E-state index contributed by atoms with van der Waals surface area (Å²) in [6, 6.07) is 0. The minimum Gasteiger partial charge on any atom is -0.463 e. The molecule has 0 saturated heterocycles. The zero-order chi connectivity index (χ0) is 18.5. The maximum absolute atomic E-state index is 12.1. The quantitative estimate of drug-likeness (QED) is 0.830. The van der Waals surface area contributed by atoms with Crippen LogP contribution in [-0.2, 0) is 20.7 Å². The number of aryl methyl sites for hydroxylation is 2. The van der Waals surface area contributed by atoms with Crippen LogP contribution in [0.15, 0.2) is 6.33 Å². The molecule has 24 heavy (non-hydrogen) atoms. The molecule has 1 amide bonds. The molecule has 0 spiro atoms. The van der Waals surface area contributed by atoms with Crippen molar-refractivity contribution in [1.82, 2.24) is 15.3 Å². The van der Waals surface area contributed by atoms with Crippen LogP contribution in [0, 0.1) is 13.8 Å². The van der Waals surface area contributed by atoms with Crippen molar-refractivity contribution in [2.24, 2.45) is 0 Å². The predicted molar refractivity (Wildman–Crippen MR) is 89.6 cm³/mol. The molecule has 134 valence electrons. The Morgan fingerprint density at radius 2 is 1.62 bits per heavy atom. The van der Waals surface area contributed by atoms with E-state index in [2.05, 4.69) is 15.3 Å². The van der Waals surface area contributed by atoms with Crippen molar-refractivity contribution in [3.8, 4) is 0 Å². The van der Waals surface area contributed by atoms with Gasteiger partial charge in [0.25, 0.3) is 0 Å². The largest absolute Gasteiger partial charge is 0.463 e. The molecule has 7 nitrogen and oxygen atoms in total. The molecule has 0 aliphatic rings. The molecule has 7 heteroatoms. The highest BCUT2D eigenvalue weighted by Crippen LogP contribution is 2.12. The van der Waals surface area contributed by atoms with E-state index >= 15 is 0 Å². The molecule has 0 aromatic carbocycles. The van der Waals surface area contributed by atoms with E-state index in [4.69, 9.17) is 9.47 Å². The Morgan fingerprint density at radius 1 is 1.08 bits per heavy atom. The summed E-state index contributed by atoms with van der Waals surface area (Å²) in [6.07, 6.45) is 1.01.